The monoisotopic (exact) mass is 547 g/mol. The van der Waals surface area contributed by atoms with Crippen LogP contribution in [0.4, 0.5) is 5.13 Å². The largest absolute Gasteiger partial charge is 0.302 e. The Kier molecular flexibility index (Phi) is 7.41. The molecule has 9 nitrogen and oxygen atoms in total. The number of aromatic nitrogens is 1. The number of hydrogen-bond donors (Lipinski definition) is 1. The summed E-state index contributed by atoms with van der Waals surface area (Å²) in [7, 11) is -7.46. The zero-order valence-electron chi connectivity index (χ0n) is 19.7. The number of nitrogens with one attached hydrogen (secondary N) is 1. The van der Waals surface area contributed by atoms with E-state index in [2.05, 4.69) is 10.3 Å². The molecule has 2 aromatic carbocycles. The maximum absolute atomic E-state index is 13.1. The molecule has 1 aliphatic heterocycles. The molecule has 1 aliphatic rings. The average Bonchev–Trinajstić information content (AvgIpc) is 3.28. The predicted molar refractivity (Wildman–Crippen MR) is 137 cm³/mol. The minimum absolute atomic E-state index is 0.0684. The molecular weight excluding hydrogens is 522 g/mol. The first kappa shape index (κ1) is 26.1. The van der Waals surface area contributed by atoms with E-state index in [0.717, 1.165) is 29.2 Å². The van der Waals surface area contributed by atoms with Crippen LogP contribution < -0.4 is 5.32 Å². The summed E-state index contributed by atoms with van der Waals surface area (Å²) in [4.78, 5) is 29.8. The first-order chi connectivity index (χ1) is 17.0. The number of carbonyl (C=O) groups excluding carboxylic acids is 2. The molecule has 190 valence electrons. The highest BCUT2D eigenvalue weighted by Gasteiger charge is 2.33. The molecule has 0 unspecified atom stereocenters. The lowest BCUT2D eigenvalue weighted by molar-refractivity contribution is -0.120. The van der Waals surface area contributed by atoms with Crippen molar-refractivity contribution >= 4 is 48.0 Å². The molecule has 0 aliphatic carbocycles. The Morgan fingerprint density at radius 3 is 2.22 bits per heavy atom. The van der Waals surface area contributed by atoms with Crippen molar-refractivity contribution in [1.82, 2.24) is 9.29 Å². The Bertz CT molecular complexity index is 1510. The molecule has 0 bridgehead atoms. The molecule has 0 radical (unpaired) electrons. The molecule has 1 fully saturated rings. The number of carbonyl (C=O) groups is 2. The lowest BCUT2D eigenvalue weighted by Crippen LogP contribution is -2.41. The third kappa shape index (κ3) is 5.56. The van der Waals surface area contributed by atoms with Crippen molar-refractivity contribution < 1.29 is 26.4 Å². The summed E-state index contributed by atoms with van der Waals surface area (Å²) in [6, 6.07) is 14.5. The number of nitrogens with zero attached hydrogens (tertiary/aromatic N) is 2. The van der Waals surface area contributed by atoms with Gasteiger partial charge in [-0.25, -0.2) is 21.8 Å². The molecule has 3 aromatic rings. The fourth-order valence-electron chi connectivity index (χ4n) is 3.98. The van der Waals surface area contributed by atoms with E-state index in [1.54, 1.807) is 0 Å². The summed E-state index contributed by atoms with van der Waals surface area (Å²) >= 11 is 1.11. The van der Waals surface area contributed by atoms with Gasteiger partial charge in [0.1, 0.15) is 0 Å². The molecule has 1 saturated heterocycles. The molecule has 4 rings (SSSR count). The van der Waals surface area contributed by atoms with Crippen LogP contribution in [0.5, 0.6) is 0 Å². The molecule has 0 atom stereocenters. The van der Waals surface area contributed by atoms with Gasteiger partial charge in [-0.05, 0) is 31.0 Å². The van der Waals surface area contributed by atoms with Gasteiger partial charge >= 0.3 is 0 Å². The van der Waals surface area contributed by atoms with Crippen LogP contribution in [0.25, 0.3) is 11.3 Å². The minimum Gasteiger partial charge on any atom is -0.302 e. The number of ketones is 1. The van der Waals surface area contributed by atoms with Gasteiger partial charge in [0.2, 0.25) is 15.9 Å². The van der Waals surface area contributed by atoms with E-state index in [0.29, 0.717) is 28.5 Å². The summed E-state index contributed by atoms with van der Waals surface area (Å²) in [5.74, 6) is -0.858. The number of anilines is 1. The number of Topliss-reactive ketones (excluding diaryl/α,β-unsaturated/α-hetero) is 1. The molecule has 12 heteroatoms. The van der Waals surface area contributed by atoms with Crippen LogP contribution in [-0.4, -0.2) is 57.2 Å². The summed E-state index contributed by atoms with van der Waals surface area (Å²) < 4.78 is 51.0. The normalized spacial score (nSPS) is 15.5. The van der Waals surface area contributed by atoms with Crippen LogP contribution in [-0.2, 0) is 24.7 Å². The zero-order valence-corrected chi connectivity index (χ0v) is 22.1. The molecular formula is C24H25N3O6S3. The Hall–Kier alpha value is -2.93. The van der Waals surface area contributed by atoms with Crippen LogP contribution in [0.1, 0.15) is 29.4 Å². The molecule has 2 heterocycles. The van der Waals surface area contributed by atoms with Crippen LogP contribution in [0.3, 0.4) is 0 Å². The Labute approximate surface area is 214 Å². The van der Waals surface area contributed by atoms with E-state index >= 15 is 0 Å². The van der Waals surface area contributed by atoms with Crippen LogP contribution in [0.2, 0.25) is 0 Å². The van der Waals surface area contributed by atoms with Crippen molar-refractivity contribution in [3.63, 3.8) is 0 Å². The van der Waals surface area contributed by atoms with E-state index in [4.69, 9.17) is 0 Å². The number of amides is 1. The topological polar surface area (TPSA) is 131 Å². The summed E-state index contributed by atoms with van der Waals surface area (Å²) in [5.41, 5.74) is 1.29. The van der Waals surface area contributed by atoms with Gasteiger partial charge < -0.3 is 5.32 Å². The predicted octanol–water partition coefficient (Wildman–Crippen LogP) is 3.46. The molecule has 0 saturated carbocycles. The van der Waals surface area contributed by atoms with Gasteiger partial charge in [0.15, 0.2) is 20.8 Å². The summed E-state index contributed by atoms with van der Waals surface area (Å²) in [6.07, 6.45) is 1.62. The van der Waals surface area contributed by atoms with Gasteiger partial charge in [-0.15, -0.1) is 0 Å². The molecule has 1 aromatic heterocycles. The van der Waals surface area contributed by atoms with Crippen molar-refractivity contribution in [3.05, 3.63) is 59.5 Å². The van der Waals surface area contributed by atoms with Gasteiger partial charge in [0, 0.05) is 37.8 Å². The van der Waals surface area contributed by atoms with Crippen molar-refractivity contribution in [2.45, 2.75) is 29.6 Å². The molecule has 1 amide bonds. The second kappa shape index (κ2) is 10.2. The Morgan fingerprint density at radius 1 is 0.972 bits per heavy atom. The number of hydrogen-bond acceptors (Lipinski definition) is 8. The van der Waals surface area contributed by atoms with Gasteiger partial charge in [0.05, 0.1) is 20.4 Å². The third-order valence-electron chi connectivity index (χ3n) is 5.92. The Balaban J connectivity index is 1.44. The highest BCUT2D eigenvalue weighted by molar-refractivity contribution is 7.91. The highest BCUT2D eigenvalue weighted by Crippen LogP contribution is 2.32. The quantitative estimate of drug-likeness (QED) is 0.448. The maximum Gasteiger partial charge on any atom is 0.243 e. The number of rotatable bonds is 7. The van der Waals surface area contributed by atoms with E-state index < -0.39 is 25.8 Å². The molecule has 1 N–H and O–H groups in total. The second-order valence-corrected chi connectivity index (χ2v) is 13.5. The first-order valence-electron chi connectivity index (χ1n) is 11.1. The van der Waals surface area contributed by atoms with Crippen LogP contribution >= 0.6 is 11.3 Å². The summed E-state index contributed by atoms with van der Waals surface area (Å²) in [5, 5.41) is 3.10. The fraction of sp³-hybridized carbons (Fsp3) is 0.292. The minimum atomic E-state index is -3.91. The van der Waals surface area contributed by atoms with Gasteiger partial charge in [0.25, 0.3) is 0 Å². The number of sulfonamides is 1. The maximum atomic E-state index is 13.1. The zero-order chi connectivity index (χ0) is 26.1. The standard InChI is InChI=1S/C24H25N3O6S3/c1-16(28)22-21(17-7-4-3-5-8-17)25-24(34-22)26-23(29)18-11-13-27(14-12-18)36(32,33)20-10-6-9-19(15-20)35(2,30)31/h3-10,15,18H,11-14H2,1-2H3,(H,25,26,29). The van der Waals surface area contributed by atoms with Crippen LogP contribution in [0, 0.1) is 5.92 Å². The summed E-state index contributed by atoms with van der Waals surface area (Å²) in [6.45, 7) is 1.69. The first-order valence-corrected chi connectivity index (χ1v) is 15.3. The van der Waals surface area contributed by atoms with Crippen LogP contribution in [0.15, 0.2) is 64.4 Å². The molecule has 36 heavy (non-hydrogen) atoms. The van der Waals surface area contributed by atoms with Gasteiger partial charge in [-0.2, -0.15) is 4.31 Å². The molecule has 0 spiro atoms. The van der Waals surface area contributed by atoms with Crippen molar-refractivity contribution in [3.8, 4) is 11.3 Å². The van der Waals surface area contributed by atoms with E-state index in [9.17, 15) is 26.4 Å². The Morgan fingerprint density at radius 2 is 1.61 bits per heavy atom. The van der Waals surface area contributed by atoms with Crippen molar-refractivity contribution in [1.29, 1.82) is 0 Å². The van der Waals surface area contributed by atoms with Crippen molar-refractivity contribution in [2.75, 3.05) is 24.7 Å². The third-order valence-corrected chi connectivity index (χ3v) is 10.00. The smallest absolute Gasteiger partial charge is 0.243 e. The highest BCUT2D eigenvalue weighted by atomic mass is 32.2. The lowest BCUT2D eigenvalue weighted by atomic mass is 9.97. The lowest BCUT2D eigenvalue weighted by Gasteiger charge is -2.30. The average molecular weight is 548 g/mol. The van der Waals surface area contributed by atoms with Gasteiger partial charge in [-0.3, -0.25) is 9.59 Å². The number of piperidine rings is 1. The number of benzene rings is 2. The van der Waals surface area contributed by atoms with E-state index in [1.165, 1.54) is 29.4 Å². The second-order valence-electron chi connectivity index (χ2n) is 8.53. The number of thiazole rings is 1. The SMILES string of the molecule is CC(=O)c1sc(NC(=O)C2CCN(S(=O)(=O)c3cccc(S(C)(=O)=O)c3)CC2)nc1-c1ccccc1. The van der Waals surface area contributed by atoms with E-state index in [1.807, 2.05) is 30.3 Å². The van der Waals surface area contributed by atoms with Gasteiger partial charge in [-0.1, -0.05) is 47.7 Å². The number of sulfone groups is 1. The van der Waals surface area contributed by atoms with Crippen molar-refractivity contribution in [2.24, 2.45) is 5.92 Å². The fourth-order valence-corrected chi connectivity index (χ4v) is 7.13. The van der Waals surface area contributed by atoms with E-state index in [-0.39, 0.29) is 34.6 Å².